The predicted molar refractivity (Wildman–Crippen MR) is 53.5 cm³/mol. The molecular formula is C10H6ClFN2O. The third kappa shape index (κ3) is 2.63. The summed E-state index contributed by atoms with van der Waals surface area (Å²) in [6.07, 6.45) is 1.29. The first-order valence-corrected chi connectivity index (χ1v) is 4.53. The summed E-state index contributed by atoms with van der Waals surface area (Å²) >= 11 is 5.65. The van der Waals surface area contributed by atoms with Crippen molar-refractivity contribution >= 4 is 11.6 Å². The lowest BCUT2D eigenvalue weighted by Gasteiger charge is -2.03. The van der Waals surface area contributed by atoms with Crippen LogP contribution in [0.15, 0.2) is 36.7 Å². The highest BCUT2D eigenvalue weighted by Crippen LogP contribution is 2.20. The van der Waals surface area contributed by atoms with Crippen molar-refractivity contribution in [3.8, 4) is 11.6 Å². The van der Waals surface area contributed by atoms with Crippen LogP contribution in [-0.4, -0.2) is 9.97 Å². The van der Waals surface area contributed by atoms with Gasteiger partial charge in [0.05, 0.1) is 0 Å². The van der Waals surface area contributed by atoms with Crippen LogP contribution in [0.25, 0.3) is 0 Å². The van der Waals surface area contributed by atoms with Crippen molar-refractivity contribution in [1.82, 2.24) is 9.97 Å². The van der Waals surface area contributed by atoms with Crippen LogP contribution in [0.5, 0.6) is 11.6 Å². The fourth-order valence-electron chi connectivity index (χ4n) is 0.997. The molecule has 2 rings (SSSR count). The Bertz CT molecular complexity index is 461. The molecular weight excluding hydrogens is 219 g/mol. The van der Waals surface area contributed by atoms with Gasteiger partial charge in [0.1, 0.15) is 23.0 Å². The molecule has 0 saturated heterocycles. The smallest absolute Gasteiger partial charge is 0.223 e. The Balaban J connectivity index is 2.18. The van der Waals surface area contributed by atoms with Gasteiger partial charge in [-0.15, -0.1) is 0 Å². The molecule has 0 saturated carbocycles. The molecule has 0 aliphatic heterocycles. The van der Waals surface area contributed by atoms with Crippen molar-refractivity contribution < 1.29 is 9.13 Å². The Morgan fingerprint density at radius 2 is 1.87 bits per heavy atom. The van der Waals surface area contributed by atoms with Crippen LogP contribution in [0.3, 0.4) is 0 Å². The molecule has 0 spiro atoms. The summed E-state index contributed by atoms with van der Waals surface area (Å²) < 4.78 is 17.9. The van der Waals surface area contributed by atoms with Crippen molar-refractivity contribution in [2.45, 2.75) is 0 Å². The molecule has 0 atom stereocenters. The van der Waals surface area contributed by atoms with Gasteiger partial charge in [0, 0.05) is 6.07 Å². The van der Waals surface area contributed by atoms with E-state index in [1.165, 1.54) is 36.7 Å². The fraction of sp³-hybridized carbons (Fsp3) is 0. The van der Waals surface area contributed by atoms with Crippen LogP contribution in [0, 0.1) is 5.82 Å². The minimum Gasteiger partial charge on any atom is -0.439 e. The van der Waals surface area contributed by atoms with Gasteiger partial charge in [0.2, 0.25) is 5.88 Å². The summed E-state index contributed by atoms with van der Waals surface area (Å²) in [7, 11) is 0. The molecule has 15 heavy (non-hydrogen) atoms. The average Bonchev–Trinajstić information content (AvgIpc) is 2.22. The lowest BCUT2D eigenvalue weighted by atomic mass is 10.3. The highest BCUT2D eigenvalue weighted by atomic mass is 35.5. The summed E-state index contributed by atoms with van der Waals surface area (Å²) in [5.74, 6) is 0.496. The van der Waals surface area contributed by atoms with E-state index >= 15 is 0 Å². The first kappa shape index (κ1) is 9.86. The second kappa shape index (κ2) is 4.23. The molecule has 5 heteroatoms. The molecule has 0 N–H and O–H groups in total. The summed E-state index contributed by atoms with van der Waals surface area (Å²) in [6.45, 7) is 0. The summed E-state index contributed by atoms with van der Waals surface area (Å²) in [6, 6.07) is 7.10. The molecule has 0 unspecified atom stereocenters. The Labute approximate surface area is 90.5 Å². The Hall–Kier alpha value is -1.68. The third-order valence-electron chi connectivity index (χ3n) is 1.64. The van der Waals surface area contributed by atoms with E-state index in [0.717, 1.165) is 0 Å². The Kier molecular flexibility index (Phi) is 2.78. The number of rotatable bonds is 2. The molecule has 76 valence electrons. The minimum atomic E-state index is -0.317. The topological polar surface area (TPSA) is 35.0 Å². The SMILES string of the molecule is Fc1ccc(Oc2cc(Cl)ncn2)cc1. The van der Waals surface area contributed by atoms with Crippen LogP contribution < -0.4 is 4.74 Å². The fourth-order valence-corrected chi connectivity index (χ4v) is 1.13. The Morgan fingerprint density at radius 1 is 1.13 bits per heavy atom. The van der Waals surface area contributed by atoms with Gasteiger partial charge in [0.25, 0.3) is 0 Å². The van der Waals surface area contributed by atoms with Gasteiger partial charge in [-0.1, -0.05) is 11.6 Å². The second-order valence-corrected chi connectivity index (χ2v) is 3.12. The number of nitrogens with zero attached hydrogens (tertiary/aromatic N) is 2. The molecule has 0 aliphatic rings. The molecule has 0 radical (unpaired) electrons. The largest absolute Gasteiger partial charge is 0.439 e. The molecule has 0 aliphatic carbocycles. The van der Waals surface area contributed by atoms with E-state index in [1.807, 2.05) is 0 Å². The van der Waals surface area contributed by atoms with Gasteiger partial charge in [-0.05, 0) is 24.3 Å². The monoisotopic (exact) mass is 224 g/mol. The number of halogens is 2. The molecule has 1 aromatic carbocycles. The zero-order valence-electron chi connectivity index (χ0n) is 7.52. The first-order valence-electron chi connectivity index (χ1n) is 4.15. The number of hydrogen-bond acceptors (Lipinski definition) is 3. The molecule has 0 bridgehead atoms. The Morgan fingerprint density at radius 3 is 2.53 bits per heavy atom. The second-order valence-electron chi connectivity index (χ2n) is 2.73. The minimum absolute atomic E-state index is 0.294. The van der Waals surface area contributed by atoms with Gasteiger partial charge in [-0.3, -0.25) is 0 Å². The van der Waals surface area contributed by atoms with Gasteiger partial charge in [-0.2, -0.15) is 0 Å². The van der Waals surface area contributed by atoms with Crippen molar-refractivity contribution in [1.29, 1.82) is 0 Å². The van der Waals surface area contributed by atoms with Crippen LogP contribution in [0.2, 0.25) is 5.15 Å². The van der Waals surface area contributed by atoms with Gasteiger partial charge < -0.3 is 4.74 Å². The van der Waals surface area contributed by atoms with E-state index in [0.29, 0.717) is 16.8 Å². The number of benzene rings is 1. The van der Waals surface area contributed by atoms with E-state index < -0.39 is 0 Å². The molecule has 0 amide bonds. The predicted octanol–water partition coefficient (Wildman–Crippen LogP) is 3.06. The normalized spacial score (nSPS) is 10.0. The molecule has 2 aromatic rings. The molecule has 1 aromatic heterocycles. The maximum Gasteiger partial charge on any atom is 0.223 e. The van der Waals surface area contributed by atoms with E-state index in [2.05, 4.69) is 9.97 Å². The van der Waals surface area contributed by atoms with Gasteiger partial charge in [-0.25, -0.2) is 14.4 Å². The van der Waals surface area contributed by atoms with E-state index in [1.54, 1.807) is 0 Å². The molecule has 3 nitrogen and oxygen atoms in total. The molecule has 0 fully saturated rings. The van der Waals surface area contributed by atoms with Crippen molar-refractivity contribution in [2.75, 3.05) is 0 Å². The summed E-state index contributed by atoms with van der Waals surface area (Å²) in [5, 5.41) is 0.294. The van der Waals surface area contributed by atoms with E-state index in [-0.39, 0.29) is 5.82 Å². The lowest BCUT2D eigenvalue weighted by molar-refractivity contribution is 0.460. The summed E-state index contributed by atoms with van der Waals surface area (Å²) in [5.41, 5.74) is 0. The van der Waals surface area contributed by atoms with E-state index in [9.17, 15) is 4.39 Å². The number of hydrogen-bond donors (Lipinski definition) is 0. The zero-order chi connectivity index (χ0) is 10.7. The van der Waals surface area contributed by atoms with Crippen molar-refractivity contribution in [3.05, 3.63) is 47.6 Å². The average molecular weight is 225 g/mol. The number of ether oxygens (including phenoxy) is 1. The van der Waals surface area contributed by atoms with Crippen LogP contribution in [-0.2, 0) is 0 Å². The third-order valence-corrected chi connectivity index (χ3v) is 1.85. The van der Waals surface area contributed by atoms with Gasteiger partial charge >= 0.3 is 0 Å². The summed E-state index contributed by atoms with van der Waals surface area (Å²) in [4.78, 5) is 7.56. The highest BCUT2D eigenvalue weighted by molar-refractivity contribution is 6.29. The molecule has 1 heterocycles. The maximum absolute atomic E-state index is 12.6. The maximum atomic E-state index is 12.6. The van der Waals surface area contributed by atoms with Crippen molar-refractivity contribution in [2.24, 2.45) is 0 Å². The standard InChI is InChI=1S/C10H6ClFN2O/c11-9-5-10(14-6-13-9)15-8-3-1-7(12)2-4-8/h1-6H. The highest BCUT2D eigenvalue weighted by Gasteiger charge is 2.00. The number of aromatic nitrogens is 2. The van der Waals surface area contributed by atoms with Crippen LogP contribution in [0.1, 0.15) is 0 Å². The van der Waals surface area contributed by atoms with Crippen LogP contribution in [0.4, 0.5) is 4.39 Å². The van der Waals surface area contributed by atoms with Gasteiger partial charge in [0.15, 0.2) is 0 Å². The van der Waals surface area contributed by atoms with Crippen LogP contribution >= 0.6 is 11.6 Å². The first-order chi connectivity index (χ1) is 7.24. The zero-order valence-corrected chi connectivity index (χ0v) is 8.28. The lowest BCUT2D eigenvalue weighted by Crippen LogP contribution is -1.88. The quantitative estimate of drug-likeness (QED) is 0.736. The van der Waals surface area contributed by atoms with E-state index in [4.69, 9.17) is 16.3 Å². The van der Waals surface area contributed by atoms with Crippen molar-refractivity contribution in [3.63, 3.8) is 0 Å².